The second kappa shape index (κ2) is 9.76. The standard InChI is InChI=1S/C19H20Cl2N6O.C2HF3O2/c20-12-3-1-2-11(15(12)21)16-17-18(26-25-16)24-14(8-23-17)27-6-4-19(5-7-27)10-28-9-13(19)22;3-2(4,5)1(6)7/h1-3,8,13H,4-7,9-10,22H2,(H,24,25,26);(H,6,7). The molecule has 1 unspecified atom stereocenters. The number of aromatic amines is 1. The number of carboxylic acid groups (broad SMARTS) is 1. The van der Waals surface area contributed by atoms with Gasteiger partial charge in [0.25, 0.3) is 0 Å². The molecule has 2 saturated heterocycles. The van der Waals surface area contributed by atoms with Crippen LogP contribution >= 0.6 is 23.2 Å². The summed E-state index contributed by atoms with van der Waals surface area (Å²) >= 11 is 12.5. The molecule has 4 N–H and O–H groups in total. The predicted octanol–water partition coefficient (Wildman–Crippen LogP) is 3.90. The van der Waals surface area contributed by atoms with Crippen LogP contribution in [0, 0.1) is 5.41 Å². The van der Waals surface area contributed by atoms with Gasteiger partial charge in [0.2, 0.25) is 5.65 Å². The number of H-pyrrole nitrogens is 1. The fourth-order valence-electron chi connectivity index (χ4n) is 4.19. The van der Waals surface area contributed by atoms with Crippen LogP contribution in [0.1, 0.15) is 12.8 Å². The lowest BCUT2D eigenvalue weighted by Crippen LogP contribution is -2.49. The molecule has 0 bridgehead atoms. The monoisotopic (exact) mass is 532 g/mol. The van der Waals surface area contributed by atoms with Crippen LogP contribution < -0.4 is 10.6 Å². The highest BCUT2D eigenvalue weighted by molar-refractivity contribution is 6.43. The van der Waals surface area contributed by atoms with E-state index < -0.39 is 12.1 Å². The largest absolute Gasteiger partial charge is 0.490 e. The lowest BCUT2D eigenvalue weighted by Gasteiger charge is -2.41. The summed E-state index contributed by atoms with van der Waals surface area (Å²) in [6.45, 7) is 3.19. The number of carboxylic acids is 1. The van der Waals surface area contributed by atoms with Crippen molar-refractivity contribution in [2.45, 2.75) is 25.1 Å². The van der Waals surface area contributed by atoms with Crippen LogP contribution in [-0.4, -0.2) is 69.8 Å². The molecule has 0 radical (unpaired) electrons. The Hall–Kier alpha value is -2.67. The molecule has 35 heavy (non-hydrogen) atoms. The number of nitrogens with one attached hydrogen (secondary N) is 1. The fraction of sp³-hybridized carbons (Fsp3) is 0.429. The molecule has 1 aromatic carbocycles. The number of carbonyl (C=O) groups is 1. The van der Waals surface area contributed by atoms with Gasteiger partial charge in [-0.2, -0.15) is 18.3 Å². The van der Waals surface area contributed by atoms with Gasteiger partial charge in [0.15, 0.2) is 0 Å². The summed E-state index contributed by atoms with van der Waals surface area (Å²) in [5.41, 5.74) is 9.09. The Morgan fingerprint density at radius 2 is 1.97 bits per heavy atom. The molecule has 2 aliphatic rings. The Morgan fingerprint density at radius 1 is 1.29 bits per heavy atom. The number of benzene rings is 1. The Balaban J connectivity index is 0.000000364. The summed E-state index contributed by atoms with van der Waals surface area (Å²) < 4.78 is 37.3. The third-order valence-corrected chi connectivity index (χ3v) is 7.09. The van der Waals surface area contributed by atoms with E-state index in [1.54, 1.807) is 12.3 Å². The molecule has 4 heterocycles. The van der Waals surface area contributed by atoms with Crippen LogP contribution in [0.2, 0.25) is 10.0 Å². The number of ether oxygens (including phenoxy) is 1. The first-order chi connectivity index (χ1) is 16.5. The number of fused-ring (bicyclic) bond motifs is 1. The number of hydrogen-bond acceptors (Lipinski definition) is 7. The summed E-state index contributed by atoms with van der Waals surface area (Å²) in [6.07, 6.45) is -1.29. The third-order valence-electron chi connectivity index (χ3n) is 6.27. The highest BCUT2D eigenvalue weighted by atomic mass is 35.5. The first-order valence-corrected chi connectivity index (χ1v) is 11.3. The van der Waals surface area contributed by atoms with Crippen LogP contribution in [-0.2, 0) is 9.53 Å². The zero-order valence-electron chi connectivity index (χ0n) is 18.1. The van der Waals surface area contributed by atoms with Crippen molar-refractivity contribution in [3.63, 3.8) is 0 Å². The predicted molar refractivity (Wildman–Crippen MR) is 124 cm³/mol. The minimum absolute atomic E-state index is 0.108. The third kappa shape index (κ3) is 5.15. The summed E-state index contributed by atoms with van der Waals surface area (Å²) in [4.78, 5) is 20.5. The van der Waals surface area contributed by atoms with E-state index >= 15 is 0 Å². The summed E-state index contributed by atoms with van der Waals surface area (Å²) in [5.74, 6) is -1.93. The Morgan fingerprint density at radius 3 is 2.57 bits per heavy atom. The number of rotatable bonds is 2. The van der Waals surface area contributed by atoms with E-state index in [1.807, 2.05) is 12.1 Å². The van der Waals surface area contributed by atoms with E-state index in [0.29, 0.717) is 33.5 Å². The maximum Gasteiger partial charge on any atom is 0.490 e. The molecule has 1 atom stereocenters. The maximum atomic E-state index is 10.6. The number of nitrogens with two attached hydrogens (primary N) is 1. The van der Waals surface area contributed by atoms with Crippen molar-refractivity contribution in [2.75, 3.05) is 31.2 Å². The van der Waals surface area contributed by atoms with Gasteiger partial charge >= 0.3 is 12.1 Å². The molecular weight excluding hydrogens is 512 g/mol. The normalized spacial score (nSPS) is 19.6. The minimum Gasteiger partial charge on any atom is -0.475 e. The van der Waals surface area contributed by atoms with Gasteiger partial charge in [-0.1, -0.05) is 35.3 Å². The smallest absolute Gasteiger partial charge is 0.475 e. The van der Waals surface area contributed by atoms with Crippen LogP contribution in [0.3, 0.4) is 0 Å². The van der Waals surface area contributed by atoms with Gasteiger partial charge in [-0.15, -0.1) is 0 Å². The first-order valence-electron chi connectivity index (χ1n) is 10.6. The van der Waals surface area contributed by atoms with Gasteiger partial charge in [-0.25, -0.2) is 14.8 Å². The van der Waals surface area contributed by atoms with Crippen LogP contribution in [0.25, 0.3) is 22.4 Å². The topological polar surface area (TPSA) is 130 Å². The number of piperidine rings is 1. The van der Waals surface area contributed by atoms with Crippen molar-refractivity contribution in [3.05, 3.63) is 34.4 Å². The van der Waals surface area contributed by atoms with Gasteiger partial charge in [0.1, 0.15) is 11.3 Å². The second-order valence-electron chi connectivity index (χ2n) is 8.37. The number of aliphatic carboxylic acids is 1. The highest BCUT2D eigenvalue weighted by Gasteiger charge is 2.44. The quantitative estimate of drug-likeness (QED) is 0.452. The van der Waals surface area contributed by atoms with E-state index in [-0.39, 0.29) is 11.5 Å². The zero-order valence-corrected chi connectivity index (χ0v) is 19.7. The molecule has 0 saturated carbocycles. The summed E-state index contributed by atoms with van der Waals surface area (Å²) in [6, 6.07) is 5.60. The lowest BCUT2D eigenvalue weighted by atomic mass is 9.75. The average molecular weight is 533 g/mol. The molecule has 188 valence electrons. The number of nitrogens with zero attached hydrogens (tertiary/aromatic N) is 4. The lowest BCUT2D eigenvalue weighted by molar-refractivity contribution is -0.192. The zero-order chi connectivity index (χ0) is 25.4. The maximum absolute atomic E-state index is 10.6. The molecule has 3 aromatic rings. The number of hydrogen-bond donors (Lipinski definition) is 3. The van der Waals surface area contributed by atoms with E-state index in [9.17, 15) is 13.2 Å². The SMILES string of the molecule is NC1COCC12CCN(c1cnc3c(-c4cccc(Cl)c4Cl)[nH]nc3n1)CC2.O=C(O)C(F)(F)F. The Kier molecular flexibility index (Phi) is 7.09. The Bertz CT molecular complexity index is 1230. The van der Waals surface area contributed by atoms with Crippen molar-refractivity contribution < 1.29 is 27.8 Å². The average Bonchev–Trinajstić information content (AvgIpc) is 3.39. The molecule has 2 aliphatic heterocycles. The van der Waals surface area contributed by atoms with Gasteiger partial charge in [0.05, 0.1) is 35.1 Å². The van der Waals surface area contributed by atoms with Gasteiger partial charge in [0, 0.05) is 30.1 Å². The molecular formula is C21H21Cl2F3N6O3. The van der Waals surface area contributed by atoms with Crippen LogP contribution in [0.4, 0.5) is 19.0 Å². The van der Waals surface area contributed by atoms with Crippen molar-refractivity contribution >= 4 is 46.2 Å². The number of anilines is 1. The van der Waals surface area contributed by atoms with Crippen molar-refractivity contribution in [1.29, 1.82) is 0 Å². The van der Waals surface area contributed by atoms with Gasteiger partial charge in [-0.3, -0.25) is 5.10 Å². The minimum atomic E-state index is -5.08. The molecule has 0 amide bonds. The fourth-order valence-corrected chi connectivity index (χ4v) is 4.59. The van der Waals surface area contributed by atoms with Gasteiger partial charge < -0.3 is 20.5 Å². The molecule has 5 rings (SSSR count). The molecule has 14 heteroatoms. The van der Waals surface area contributed by atoms with E-state index in [0.717, 1.165) is 43.9 Å². The van der Waals surface area contributed by atoms with Crippen LogP contribution in [0.15, 0.2) is 24.4 Å². The molecule has 2 fully saturated rings. The number of halogens is 5. The van der Waals surface area contributed by atoms with Crippen molar-refractivity contribution in [1.82, 2.24) is 20.2 Å². The number of aromatic nitrogens is 4. The van der Waals surface area contributed by atoms with E-state index in [4.69, 9.17) is 48.6 Å². The van der Waals surface area contributed by atoms with Crippen molar-refractivity contribution in [3.8, 4) is 11.3 Å². The molecule has 2 aromatic heterocycles. The van der Waals surface area contributed by atoms with Crippen molar-refractivity contribution in [2.24, 2.45) is 11.1 Å². The summed E-state index contributed by atoms with van der Waals surface area (Å²) in [5, 5.41) is 15.4. The first kappa shape index (κ1) is 25.4. The summed E-state index contributed by atoms with van der Waals surface area (Å²) in [7, 11) is 0. The second-order valence-corrected chi connectivity index (χ2v) is 9.16. The van der Waals surface area contributed by atoms with E-state index in [2.05, 4.69) is 20.1 Å². The van der Waals surface area contributed by atoms with Gasteiger partial charge in [-0.05, 0) is 18.9 Å². The Labute approximate surface area is 207 Å². The molecule has 9 nitrogen and oxygen atoms in total. The molecule has 0 aliphatic carbocycles. The number of alkyl halides is 3. The van der Waals surface area contributed by atoms with Crippen LogP contribution in [0.5, 0.6) is 0 Å². The molecule has 1 spiro atoms. The van der Waals surface area contributed by atoms with E-state index in [1.165, 1.54) is 0 Å². The highest BCUT2D eigenvalue weighted by Crippen LogP contribution is 2.40.